The van der Waals surface area contributed by atoms with E-state index < -0.39 is 0 Å². The third-order valence-electron chi connectivity index (χ3n) is 4.09. The van der Waals surface area contributed by atoms with Crippen LogP contribution in [0.3, 0.4) is 0 Å². The largest absolute Gasteiger partial charge is 0.497 e. The van der Waals surface area contributed by atoms with Gasteiger partial charge < -0.3 is 4.74 Å². The molecule has 0 aliphatic heterocycles. The molecular formula is C17H13ClN4O2S. The number of nitrogens with zero attached hydrogens (tertiary/aromatic N) is 4. The van der Waals surface area contributed by atoms with Gasteiger partial charge in [-0.05, 0) is 43.7 Å². The first kappa shape index (κ1) is 16.0. The minimum absolute atomic E-state index is 0.230. The number of methoxy groups -OCH3 is 1. The number of aromatic nitrogens is 4. The number of thiophene rings is 1. The molecule has 25 heavy (non-hydrogen) atoms. The van der Waals surface area contributed by atoms with Crippen molar-refractivity contribution in [3.8, 4) is 11.4 Å². The van der Waals surface area contributed by atoms with Crippen LogP contribution in [-0.2, 0) is 0 Å². The van der Waals surface area contributed by atoms with Crippen LogP contribution in [0.4, 0.5) is 0 Å². The predicted octanol–water partition coefficient (Wildman–Crippen LogP) is 3.67. The monoisotopic (exact) mass is 372 g/mol. The quantitative estimate of drug-likeness (QED) is 0.537. The van der Waals surface area contributed by atoms with E-state index in [1.165, 1.54) is 16.0 Å². The van der Waals surface area contributed by atoms with Crippen molar-refractivity contribution in [1.82, 2.24) is 20.0 Å². The van der Waals surface area contributed by atoms with E-state index >= 15 is 0 Å². The minimum Gasteiger partial charge on any atom is -0.497 e. The van der Waals surface area contributed by atoms with Crippen molar-refractivity contribution in [2.45, 2.75) is 13.8 Å². The van der Waals surface area contributed by atoms with Crippen LogP contribution in [0.1, 0.15) is 11.3 Å². The Bertz CT molecular complexity index is 1180. The lowest BCUT2D eigenvalue weighted by molar-refractivity contribution is 0.414. The second kappa shape index (κ2) is 5.79. The Morgan fingerprint density at radius 3 is 2.60 bits per heavy atom. The number of hydrogen-bond acceptors (Lipinski definition) is 6. The van der Waals surface area contributed by atoms with Gasteiger partial charge in [0.25, 0.3) is 5.56 Å². The highest BCUT2D eigenvalue weighted by molar-refractivity contribution is 7.25. The number of ether oxygens (including phenoxy) is 1. The summed E-state index contributed by atoms with van der Waals surface area (Å²) in [6.45, 7) is 3.75. The summed E-state index contributed by atoms with van der Waals surface area (Å²) in [5.74, 6) is 0.706. The molecule has 0 unspecified atom stereocenters. The normalized spacial score (nSPS) is 11.4. The van der Waals surface area contributed by atoms with Crippen LogP contribution in [-0.4, -0.2) is 27.1 Å². The molecule has 1 aromatic carbocycles. The average Bonchev–Trinajstić information content (AvgIpc) is 2.99. The first-order valence-electron chi connectivity index (χ1n) is 7.50. The maximum absolute atomic E-state index is 12.9. The fourth-order valence-corrected chi connectivity index (χ4v) is 4.05. The van der Waals surface area contributed by atoms with E-state index in [2.05, 4.69) is 15.3 Å². The van der Waals surface area contributed by atoms with E-state index in [1.54, 1.807) is 31.4 Å². The molecule has 0 spiro atoms. The van der Waals surface area contributed by atoms with Gasteiger partial charge in [0.05, 0.1) is 23.5 Å². The van der Waals surface area contributed by atoms with Crippen molar-refractivity contribution in [1.29, 1.82) is 0 Å². The van der Waals surface area contributed by atoms with Crippen molar-refractivity contribution in [3.05, 3.63) is 50.9 Å². The van der Waals surface area contributed by atoms with Gasteiger partial charge in [-0.3, -0.25) is 4.79 Å². The second-order valence-corrected chi connectivity index (χ2v) is 6.98. The lowest BCUT2D eigenvalue weighted by Gasteiger charge is -2.05. The zero-order valence-electron chi connectivity index (χ0n) is 13.7. The Morgan fingerprint density at radius 2 is 1.92 bits per heavy atom. The molecule has 0 atom stereocenters. The summed E-state index contributed by atoms with van der Waals surface area (Å²) in [5.41, 5.74) is 2.54. The van der Waals surface area contributed by atoms with Gasteiger partial charge in [0.2, 0.25) is 0 Å². The third kappa shape index (κ3) is 2.39. The van der Waals surface area contributed by atoms with Gasteiger partial charge in [-0.15, -0.1) is 16.4 Å². The molecule has 0 radical (unpaired) electrons. The maximum atomic E-state index is 12.9. The lowest BCUT2D eigenvalue weighted by Crippen LogP contribution is -2.21. The number of benzene rings is 1. The molecule has 6 nitrogen and oxygen atoms in total. The zero-order chi connectivity index (χ0) is 17.7. The Kier molecular flexibility index (Phi) is 3.70. The minimum atomic E-state index is -0.230. The number of rotatable bonds is 2. The molecule has 4 aromatic rings. The van der Waals surface area contributed by atoms with Gasteiger partial charge in [-0.1, -0.05) is 16.8 Å². The summed E-state index contributed by atoms with van der Waals surface area (Å²) >= 11 is 7.62. The fourth-order valence-electron chi connectivity index (χ4n) is 2.77. The second-order valence-electron chi connectivity index (χ2n) is 5.60. The smallest absolute Gasteiger partial charge is 0.292 e. The van der Waals surface area contributed by atoms with Crippen LogP contribution in [0.2, 0.25) is 5.02 Å². The first-order valence-corrected chi connectivity index (χ1v) is 8.70. The van der Waals surface area contributed by atoms with Crippen LogP contribution in [0.5, 0.6) is 5.75 Å². The highest BCUT2D eigenvalue weighted by Crippen LogP contribution is 2.35. The van der Waals surface area contributed by atoms with Crippen LogP contribution < -0.4 is 10.3 Å². The zero-order valence-corrected chi connectivity index (χ0v) is 15.3. The fraction of sp³-hybridized carbons (Fsp3) is 0.176. The summed E-state index contributed by atoms with van der Waals surface area (Å²) in [7, 11) is 1.59. The Morgan fingerprint density at radius 1 is 1.20 bits per heavy atom. The number of aryl methyl sites for hydroxylation is 2. The van der Waals surface area contributed by atoms with E-state index in [1.807, 2.05) is 13.8 Å². The molecule has 0 saturated heterocycles. The van der Waals surface area contributed by atoms with Gasteiger partial charge in [0.1, 0.15) is 20.8 Å². The van der Waals surface area contributed by atoms with Crippen molar-refractivity contribution in [2.75, 3.05) is 7.11 Å². The van der Waals surface area contributed by atoms with Gasteiger partial charge in [0.15, 0.2) is 0 Å². The molecule has 0 N–H and O–H groups in total. The molecule has 0 bridgehead atoms. The summed E-state index contributed by atoms with van der Waals surface area (Å²) in [6.07, 6.45) is 0. The Balaban J connectivity index is 2.01. The molecule has 0 amide bonds. The summed E-state index contributed by atoms with van der Waals surface area (Å²) in [5, 5.41) is 9.76. The van der Waals surface area contributed by atoms with Crippen LogP contribution in [0.15, 0.2) is 29.1 Å². The van der Waals surface area contributed by atoms with Gasteiger partial charge in [-0.25, -0.2) is 4.98 Å². The Labute approximate surface area is 151 Å². The molecule has 8 heteroatoms. The van der Waals surface area contributed by atoms with Crippen LogP contribution in [0, 0.1) is 13.8 Å². The molecule has 126 valence electrons. The van der Waals surface area contributed by atoms with Crippen molar-refractivity contribution in [3.63, 3.8) is 0 Å². The van der Waals surface area contributed by atoms with E-state index in [0.29, 0.717) is 26.7 Å². The highest BCUT2D eigenvalue weighted by Gasteiger charge is 2.18. The molecule has 0 fully saturated rings. The lowest BCUT2D eigenvalue weighted by atomic mass is 10.1. The van der Waals surface area contributed by atoms with E-state index in [9.17, 15) is 4.79 Å². The van der Waals surface area contributed by atoms with Crippen molar-refractivity contribution >= 4 is 43.4 Å². The average molecular weight is 373 g/mol. The topological polar surface area (TPSA) is 69.9 Å². The van der Waals surface area contributed by atoms with Crippen LogP contribution in [0.25, 0.3) is 26.1 Å². The third-order valence-corrected chi connectivity index (χ3v) is 5.71. The molecule has 3 heterocycles. The SMILES string of the molecule is COc1ccc(-n2nnc3c(sc4nc(C)c(Cl)c(C)c43)c2=O)cc1. The molecular weight excluding hydrogens is 360 g/mol. The molecule has 0 aliphatic carbocycles. The molecule has 0 saturated carbocycles. The standard InChI is InChI=1S/C17H13ClN4O2S/c1-8-12-14-15(25-16(12)19-9(2)13(8)18)17(23)22(21-20-14)10-4-6-11(24-3)7-5-10/h4-7H,1-3H3. The predicted molar refractivity (Wildman–Crippen MR) is 99.3 cm³/mol. The van der Waals surface area contributed by atoms with Gasteiger partial charge in [0, 0.05) is 5.39 Å². The number of pyridine rings is 1. The summed E-state index contributed by atoms with van der Waals surface area (Å²) < 4.78 is 6.93. The maximum Gasteiger partial charge on any atom is 0.292 e. The van der Waals surface area contributed by atoms with Crippen molar-refractivity contribution < 1.29 is 4.74 Å². The summed E-state index contributed by atoms with van der Waals surface area (Å²) in [4.78, 5) is 18.2. The van der Waals surface area contributed by atoms with Gasteiger partial charge >= 0.3 is 0 Å². The van der Waals surface area contributed by atoms with E-state index in [-0.39, 0.29) is 5.56 Å². The molecule has 0 aliphatic rings. The van der Waals surface area contributed by atoms with E-state index in [0.717, 1.165) is 21.5 Å². The number of halogens is 1. The van der Waals surface area contributed by atoms with E-state index in [4.69, 9.17) is 16.3 Å². The van der Waals surface area contributed by atoms with Crippen LogP contribution >= 0.6 is 22.9 Å². The molecule has 4 rings (SSSR count). The number of fused-ring (bicyclic) bond motifs is 3. The van der Waals surface area contributed by atoms with Crippen molar-refractivity contribution in [2.24, 2.45) is 0 Å². The van der Waals surface area contributed by atoms with Gasteiger partial charge in [-0.2, -0.15) is 4.68 Å². The number of hydrogen-bond donors (Lipinski definition) is 0. The first-order chi connectivity index (χ1) is 12.0. The molecule has 3 aromatic heterocycles. The summed E-state index contributed by atoms with van der Waals surface area (Å²) in [6, 6.07) is 7.07. The Hall–Kier alpha value is -2.51. The highest BCUT2D eigenvalue weighted by atomic mass is 35.5.